The Labute approximate surface area is 108 Å². The van der Waals surface area contributed by atoms with Gasteiger partial charge in [-0.25, -0.2) is 0 Å². The smallest absolute Gasteiger partial charge is 0.0670 e. The van der Waals surface area contributed by atoms with Gasteiger partial charge in [0, 0.05) is 17.9 Å². The molecule has 0 aromatic heterocycles. The molecule has 3 nitrogen and oxygen atoms in total. The Bertz CT molecular complexity index is 483. The Balaban J connectivity index is 1.89. The van der Waals surface area contributed by atoms with E-state index in [9.17, 15) is 0 Å². The van der Waals surface area contributed by atoms with Crippen LogP contribution in [-0.4, -0.2) is 6.54 Å². The van der Waals surface area contributed by atoms with Crippen molar-refractivity contribution in [3.8, 4) is 6.07 Å². The fourth-order valence-electron chi connectivity index (χ4n) is 2.29. The van der Waals surface area contributed by atoms with Gasteiger partial charge < -0.3 is 11.1 Å². The molecule has 0 fully saturated rings. The maximum atomic E-state index is 8.72. The summed E-state index contributed by atoms with van der Waals surface area (Å²) >= 11 is 0. The average Bonchev–Trinajstić information content (AvgIpc) is 2.87. The van der Waals surface area contributed by atoms with Crippen LogP contribution in [0.15, 0.2) is 29.8 Å². The third kappa shape index (κ3) is 3.27. The molecule has 18 heavy (non-hydrogen) atoms. The van der Waals surface area contributed by atoms with Crippen molar-refractivity contribution in [2.75, 3.05) is 17.6 Å². The summed E-state index contributed by atoms with van der Waals surface area (Å²) in [6.07, 6.45) is 7.63. The minimum Gasteiger partial charge on any atom is -0.398 e. The Morgan fingerprint density at radius 1 is 1.39 bits per heavy atom. The molecule has 0 atom stereocenters. The predicted molar refractivity (Wildman–Crippen MR) is 75.2 cm³/mol. The molecule has 0 unspecified atom stereocenters. The molecule has 1 aliphatic rings. The van der Waals surface area contributed by atoms with Gasteiger partial charge in [-0.2, -0.15) is 5.26 Å². The minimum atomic E-state index is 0.368. The van der Waals surface area contributed by atoms with E-state index in [-0.39, 0.29) is 0 Å². The number of benzene rings is 1. The molecule has 1 aromatic carbocycles. The zero-order chi connectivity index (χ0) is 12.8. The van der Waals surface area contributed by atoms with E-state index < -0.39 is 0 Å². The zero-order valence-corrected chi connectivity index (χ0v) is 10.6. The quantitative estimate of drug-likeness (QED) is 0.614. The van der Waals surface area contributed by atoms with Gasteiger partial charge in [-0.05, 0) is 49.4 Å². The van der Waals surface area contributed by atoms with Crippen molar-refractivity contribution < 1.29 is 0 Å². The third-order valence-electron chi connectivity index (χ3n) is 3.32. The van der Waals surface area contributed by atoms with Crippen LogP contribution in [0.5, 0.6) is 0 Å². The molecule has 0 radical (unpaired) electrons. The van der Waals surface area contributed by atoms with Crippen LogP contribution in [0.4, 0.5) is 11.4 Å². The first-order valence-corrected chi connectivity index (χ1v) is 6.47. The van der Waals surface area contributed by atoms with Crippen LogP contribution in [0.1, 0.15) is 31.2 Å². The van der Waals surface area contributed by atoms with E-state index in [1.165, 1.54) is 19.3 Å². The maximum absolute atomic E-state index is 8.72. The lowest BCUT2D eigenvalue weighted by atomic mass is 10.1. The van der Waals surface area contributed by atoms with E-state index in [2.05, 4.69) is 17.5 Å². The molecule has 0 heterocycles. The lowest BCUT2D eigenvalue weighted by Gasteiger charge is -2.09. The topological polar surface area (TPSA) is 61.8 Å². The van der Waals surface area contributed by atoms with Crippen molar-refractivity contribution in [3.05, 3.63) is 35.4 Å². The number of anilines is 2. The number of nitrogens with zero attached hydrogens (tertiary/aromatic N) is 1. The van der Waals surface area contributed by atoms with Crippen molar-refractivity contribution in [2.45, 2.75) is 32.1 Å². The fraction of sp³-hybridized carbons (Fsp3) is 0.400. The molecule has 0 spiro atoms. The fourth-order valence-corrected chi connectivity index (χ4v) is 2.29. The molecule has 1 aromatic rings. The zero-order valence-electron chi connectivity index (χ0n) is 10.6. The third-order valence-corrected chi connectivity index (χ3v) is 3.32. The van der Waals surface area contributed by atoms with Gasteiger partial charge in [-0.15, -0.1) is 0 Å². The average molecular weight is 241 g/mol. The Kier molecular flexibility index (Phi) is 4.25. The molecular formula is C15H19N3. The van der Waals surface area contributed by atoms with Crippen molar-refractivity contribution in [1.82, 2.24) is 0 Å². The highest BCUT2D eigenvalue weighted by atomic mass is 14.9. The number of nitrogen functional groups attached to an aromatic ring is 1. The number of hydrogen-bond donors (Lipinski definition) is 2. The first-order chi connectivity index (χ1) is 8.79. The highest BCUT2D eigenvalue weighted by molar-refractivity contribution is 5.58. The molecule has 0 saturated heterocycles. The first-order valence-electron chi connectivity index (χ1n) is 6.47. The van der Waals surface area contributed by atoms with Crippen LogP contribution in [0.2, 0.25) is 0 Å². The van der Waals surface area contributed by atoms with E-state index in [1.54, 1.807) is 5.57 Å². The molecule has 0 saturated carbocycles. The number of allylic oxidation sites excluding steroid dienone is 1. The summed E-state index contributed by atoms with van der Waals surface area (Å²) in [5, 5.41) is 12.1. The summed E-state index contributed by atoms with van der Waals surface area (Å²) < 4.78 is 0. The molecule has 1 aliphatic carbocycles. The number of nitrogens with one attached hydrogen (secondary N) is 1. The van der Waals surface area contributed by atoms with Crippen LogP contribution in [0, 0.1) is 11.3 Å². The second-order valence-electron chi connectivity index (χ2n) is 4.68. The lowest BCUT2D eigenvalue weighted by molar-refractivity contribution is 0.863. The number of hydrogen-bond acceptors (Lipinski definition) is 3. The maximum Gasteiger partial charge on any atom is 0.0670 e. The molecule has 0 bridgehead atoms. The summed E-state index contributed by atoms with van der Waals surface area (Å²) in [7, 11) is 0. The van der Waals surface area contributed by atoms with E-state index in [0.717, 1.165) is 24.2 Å². The summed E-state index contributed by atoms with van der Waals surface area (Å²) in [6.45, 7) is 0.946. The first kappa shape index (κ1) is 12.5. The van der Waals surface area contributed by atoms with Gasteiger partial charge in [0.1, 0.15) is 0 Å². The van der Waals surface area contributed by atoms with Crippen LogP contribution in [0.25, 0.3) is 0 Å². The summed E-state index contributed by atoms with van der Waals surface area (Å²) in [4.78, 5) is 0. The normalized spacial score (nSPS) is 14.1. The van der Waals surface area contributed by atoms with Gasteiger partial charge >= 0.3 is 0 Å². The molecule has 3 heteroatoms. The standard InChI is InChI=1S/C15H19N3/c16-9-7-13-11-14(5-6-15(13)17)18-10-8-12-3-1-2-4-12/h3,5-6,11,18H,1-2,4,7-8,10,17H2. The van der Waals surface area contributed by atoms with E-state index >= 15 is 0 Å². The lowest BCUT2D eigenvalue weighted by Crippen LogP contribution is -2.03. The summed E-state index contributed by atoms with van der Waals surface area (Å²) in [5.41, 5.74) is 10.0. The van der Waals surface area contributed by atoms with E-state index in [0.29, 0.717) is 12.1 Å². The highest BCUT2D eigenvalue weighted by Crippen LogP contribution is 2.21. The van der Waals surface area contributed by atoms with Crippen LogP contribution in [-0.2, 0) is 6.42 Å². The van der Waals surface area contributed by atoms with Crippen molar-refractivity contribution in [3.63, 3.8) is 0 Å². The molecule has 94 valence electrons. The van der Waals surface area contributed by atoms with Crippen molar-refractivity contribution in [1.29, 1.82) is 5.26 Å². The van der Waals surface area contributed by atoms with Gasteiger partial charge in [-0.3, -0.25) is 0 Å². The molecular weight excluding hydrogens is 222 g/mol. The van der Waals surface area contributed by atoms with Crippen LogP contribution in [0.3, 0.4) is 0 Å². The molecule has 3 N–H and O–H groups in total. The molecule has 0 amide bonds. The van der Waals surface area contributed by atoms with Gasteiger partial charge in [0.05, 0.1) is 12.5 Å². The Morgan fingerprint density at radius 3 is 3.00 bits per heavy atom. The van der Waals surface area contributed by atoms with Crippen LogP contribution < -0.4 is 11.1 Å². The van der Waals surface area contributed by atoms with E-state index in [1.807, 2.05) is 18.2 Å². The Morgan fingerprint density at radius 2 is 2.28 bits per heavy atom. The van der Waals surface area contributed by atoms with Gasteiger partial charge in [0.25, 0.3) is 0 Å². The summed E-state index contributed by atoms with van der Waals surface area (Å²) in [6, 6.07) is 7.95. The number of rotatable bonds is 5. The minimum absolute atomic E-state index is 0.368. The molecule has 0 aliphatic heterocycles. The van der Waals surface area contributed by atoms with Crippen LogP contribution >= 0.6 is 0 Å². The monoisotopic (exact) mass is 241 g/mol. The van der Waals surface area contributed by atoms with Gasteiger partial charge in [-0.1, -0.05) is 11.6 Å². The SMILES string of the molecule is N#CCc1cc(NCCC2=CCCC2)ccc1N. The molecule has 2 rings (SSSR count). The van der Waals surface area contributed by atoms with E-state index in [4.69, 9.17) is 11.0 Å². The second-order valence-corrected chi connectivity index (χ2v) is 4.68. The highest BCUT2D eigenvalue weighted by Gasteiger charge is 2.04. The summed E-state index contributed by atoms with van der Waals surface area (Å²) in [5.74, 6) is 0. The van der Waals surface area contributed by atoms with Gasteiger partial charge in [0.15, 0.2) is 0 Å². The van der Waals surface area contributed by atoms with Crippen molar-refractivity contribution in [2.24, 2.45) is 0 Å². The largest absolute Gasteiger partial charge is 0.398 e. The van der Waals surface area contributed by atoms with Gasteiger partial charge in [0.2, 0.25) is 0 Å². The predicted octanol–water partition coefficient (Wildman–Crippen LogP) is 3.25. The Hall–Kier alpha value is -1.95. The number of nitrogens with two attached hydrogens (primary N) is 1. The number of nitriles is 1. The van der Waals surface area contributed by atoms with Crippen molar-refractivity contribution >= 4 is 11.4 Å². The second kappa shape index (κ2) is 6.11.